The Morgan fingerprint density at radius 1 is 1.14 bits per heavy atom. The zero-order valence-electron chi connectivity index (χ0n) is 9.30. The van der Waals surface area contributed by atoms with Crippen LogP contribution in [-0.2, 0) is 4.74 Å². The second-order valence-electron chi connectivity index (χ2n) is 5.02. The first-order valence-electron chi connectivity index (χ1n) is 6.12. The number of allylic oxidation sites excluding steroid dienone is 1. The van der Waals surface area contributed by atoms with Crippen LogP contribution in [0.25, 0.3) is 0 Å². The third kappa shape index (κ3) is 2.60. The van der Waals surface area contributed by atoms with Crippen LogP contribution in [0.2, 0.25) is 0 Å². The molecule has 2 fully saturated rings. The Labute approximate surface area is 87.5 Å². The van der Waals surface area contributed by atoms with Crippen molar-refractivity contribution in [3.63, 3.8) is 0 Å². The molecule has 0 radical (unpaired) electrons. The van der Waals surface area contributed by atoms with E-state index in [0.717, 1.165) is 12.5 Å². The van der Waals surface area contributed by atoms with E-state index in [1.807, 2.05) is 0 Å². The number of hydrogen-bond donors (Lipinski definition) is 0. The Kier molecular flexibility index (Phi) is 3.27. The van der Waals surface area contributed by atoms with Gasteiger partial charge in [-0.1, -0.05) is 31.4 Å². The van der Waals surface area contributed by atoms with Crippen molar-refractivity contribution in [1.82, 2.24) is 0 Å². The van der Waals surface area contributed by atoms with E-state index in [4.69, 9.17) is 4.74 Å². The summed E-state index contributed by atoms with van der Waals surface area (Å²) in [4.78, 5) is 0. The minimum Gasteiger partial charge on any atom is -0.371 e. The molecule has 0 aromatic carbocycles. The van der Waals surface area contributed by atoms with Gasteiger partial charge < -0.3 is 4.74 Å². The largest absolute Gasteiger partial charge is 0.371 e. The van der Waals surface area contributed by atoms with Crippen molar-refractivity contribution < 1.29 is 4.74 Å². The van der Waals surface area contributed by atoms with Gasteiger partial charge in [-0.05, 0) is 38.5 Å². The molecule has 1 atom stereocenters. The molecule has 0 unspecified atom stereocenters. The molecule has 1 saturated heterocycles. The van der Waals surface area contributed by atoms with Gasteiger partial charge in [0.15, 0.2) is 0 Å². The van der Waals surface area contributed by atoms with Gasteiger partial charge in [-0.15, -0.1) is 0 Å². The molecule has 0 N–H and O–H groups in total. The summed E-state index contributed by atoms with van der Waals surface area (Å²) < 4.78 is 5.74. The maximum Gasteiger partial charge on any atom is 0.0835 e. The van der Waals surface area contributed by atoms with Gasteiger partial charge in [-0.2, -0.15) is 0 Å². The maximum absolute atomic E-state index is 5.74. The highest BCUT2D eigenvalue weighted by Crippen LogP contribution is 2.29. The van der Waals surface area contributed by atoms with E-state index in [1.165, 1.54) is 44.9 Å². The molecule has 1 nitrogen and oxygen atoms in total. The number of rotatable bonds is 2. The highest BCUT2D eigenvalue weighted by Gasteiger charge is 2.26. The van der Waals surface area contributed by atoms with E-state index >= 15 is 0 Å². The number of ether oxygens (including phenoxy) is 1. The fraction of sp³-hybridized carbons (Fsp3) is 0.846. The molecule has 14 heavy (non-hydrogen) atoms. The first kappa shape index (κ1) is 10.2. The SMILES string of the molecule is C[C@@]1(/C=C/C2CCCCC2)CCCO1. The van der Waals surface area contributed by atoms with Gasteiger partial charge in [-0.3, -0.25) is 0 Å². The smallest absolute Gasteiger partial charge is 0.0835 e. The van der Waals surface area contributed by atoms with E-state index < -0.39 is 0 Å². The van der Waals surface area contributed by atoms with Crippen LogP contribution >= 0.6 is 0 Å². The summed E-state index contributed by atoms with van der Waals surface area (Å²) in [5, 5.41) is 0. The molecule has 1 heteroatoms. The van der Waals surface area contributed by atoms with Gasteiger partial charge >= 0.3 is 0 Å². The third-order valence-corrected chi connectivity index (χ3v) is 3.62. The van der Waals surface area contributed by atoms with Crippen LogP contribution in [0.15, 0.2) is 12.2 Å². The van der Waals surface area contributed by atoms with Crippen molar-refractivity contribution in [2.24, 2.45) is 5.92 Å². The van der Waals surface area contributed by atoms with E-state index in [9.17, 15) is 0 Å². The van der Waals surface area contributed by atoms with Gasteiger partial charge in [-0.25, -0.2) is 0 Å². The lowest BCUT2D eigenvalue weighted by Gasteiger charge is -2.22. The van der Waals surface area contributed by atoms with Crippen LogP contribution in [0.4, 0.5) is 0 Å². The molecule has 0 aromatic rings. The first-order chi connectivity index (χ1) is 6.79. The highest BCUT2D eigenvalue weighted by atomic mass is 16.5. The van der Waals surface area contributed by atoms with Crippen LogP contribution in [-0.4, -0.2) is 12.2 Å². The molecular weight excluding hydrogens is 172 g/mol. The van der Waals surface area contributed by atoms with Crippen molar-refractivity contribution in [3.05, 3.63) is 12.2 Å². The van der Waals surface area contributed by atoms with Crippen molar-refractivity contribution in [2.45, 2.75) is 57.5 Å². The topological polar surface area (TPSA) is 9.23 Å². The molecule has 2 rings (SSSR count). The molecule has 0 bridgehead atoms. The molecule has 0 aromatic heterocycles. The predicted molar refractivity (Wildman–Crippen MR) is 59.3 cm³/mol. The summed E-state index contributed by atoms with van der Waals surface area (Å²) >= 11 is 0. The Balaban J connectivity index is 1.85. The molecule has 1 saturated carbocycles. The van der Waals surface area contributed by atoms with Gasteiger partial charge in [0.25, 0.3) is 0 Å². The molecule has 80 valence electrons. The van der Waals surface area contributed by atoms with Crippen LogP contribution in [0.1, 0.15) is 51.9 Å². The maximum atomic E-state index is 5.74. The van der Waals surface area contributed by atoms with Crippen LogP contribution in [0.3, 0.4) is 0 Å². The molecule has 0 amide bonds. The molecular formula is C13H22O. The standard InChI is InChI=1S/C13H22O/c1-13(9-5-11-14-13)10-8-12-6-3-2-4-7-12/h8,10,12H,2-7,9,11H2,1H3/b10-8+/t13-/m0/s1. The lowest BCUT2D eigenvalue weighted by atomic mass is 9.87. The van der Waals surface area contributed by atoms with Crippen LogP contribution in [0, 0.1) is 5.92 Å². The van der Waals surface area contributed by atoms with Crippen molar-refractivity contribution in [3.8, 4) is 0 Å². The van der Waals surface area contributed by atoms with E-state index in [0.29, 0.717) is 0 Å². The van der Waals surface area contributed by atoms with Gasteiger partial charge in [0, 0.05) is 6.61 Å². The van der Waals surface area contributed by atoms with E-state index in [1.54, 1.807) is 0 Å². The van der Waals surface area contributed by atoms with Crippen LogP contribution in [0.5, 0.6) is 0 Å². The number of hydrogen-bond acceptors (Lipinski definition) is 1. The van der Waals surface area contributed by atoms with Crippen molar-refractivity contribution in [2.75, 3.05) is 6.61 Å². The highest BCUT2D eigenvalue weighted by molar-refractivity contribution is 5.04. The molecule has 1 aliphatic heterocycles. The summed E-state index contributed by atoms with van der Waals surface area (Å²) in [6, 6.07) is 0. The minimum atomic E-state index is 0.0669. The fourth-order valence-corrected chi connectivity index (χ4v) is 2.60. The Hall–Kier alpha value is -0.300. The molecule has 0 spiro atoms. The summed E-state index contributed by atoms with van der Waals surface area (Å²) in [5.41, 5.74) is 0.0669. The van der Waals surface area contributed by atoms with Gasteiger partial charge in [0.1, 0.15) is 0 Å². The lowest BCUT2D eigenvalue weighted by Crippen LogP contribution is -2.19. The molecule has 1 heterocycles. The van der Waals surface area contributed by atoms with E-state index in [2.05, 4.69) is 19.1 Å². The zero-order chi connectivity index (χ0) is 9.86. The molecule has 1 aliphatic carbocycles. The second-order valence-corrected chi connectivity index (χ2v) is 5.02. The van der Waals surface area contributed by atoms with Crippen molar-refractivity contribution in [1.29, 1.82) is 0 Å². The fourth-order valence-electron chi connectivity index (χ4n) is 2.60. The average molecular weight is 194 g/mol. The second kappa shape index (κ2) is 4.48. The lowest BCUT2D eigenvalue weighted by molar-refractivity contribution is 0.0607. The minimum absolute atomic E-state index is 0.0669. The Bertz CT molecular complexity index is 195. The summed E-state index contributed by atoms with van der Waals surface area (Å²) in [6.07, 6.45) is 14.3. The monoisotopic (exact) mass is 194 g/mol. The van der Waals surface area contributed by atoms with Gasteiger partial charge in [0.05, 0.1) is 5.60 Å². The zero-order valence-corrected chi connectivity index (χ0v) is 9.30. The Morgan fingerprint density at radius 3 is 2.57 bits per heavy atom. The normalized spacial score (nSPS) is 35.5. The van der Waals surface area contributed by atoms with Crippen LogP contribution < -0.4 is 0 Å². The van der Waals surface area contributed by atoms with Crippen molar-refractivity contribution >= 4 is 0 Å². The first-order valence-corrected chi connectivity index (χ1v) is 6.12. The quantitative estimate of drug-likeness (QED) is 0.609. The van der Waals surface area contributed by atoms with Gasteiger partial charge in [0.2, 0.25) is 0 Å². The molecule has 2 aliphatic rings. The summed E-state index contributed by atoms with van der Waals surface area (Å²) in [5.74, 6) is 0.838. The third-order valence-electron chi connectivity index (χ3n) is 3.62. The average Bonchev–Trinajstić information content (AvgIpc) is 2.65. The summed E-state index contributed by atoms with van der Waals surface area (Å²) in [7, 11) is 0. The predicted octanol–water partition coefficient (Wildman–Crippen LogP) is 3.69. The Morgan fingerprint density at radius 2 is 1.93 bits per heavy atom. The summed E-state index contributed by atoms with van der Waals surface area (Å²) in [6.45, 7) is 3.17. The van der Waals surface area contributed by atoms with E-state index in [-0.39, 0.29) is 5.60 Å².